The lowest BCUT2D eigenvalue weighted by Gasteiger charge is -2.38. The number of carbonyl (C=O) groups excluding carboxylic acids is 2. The molecule has 212 valence electrons. The minimum absolute atomic E-state index is 0.0445. The van der Waals surface area contributed by atoms with Crippen molar-refractivity contribution in [2.75, 3.05) is 49.5 Å². The van der Waals surface area contributed by atoms with Crippen LogP contribution in [0.15, 0.2) is 30.6 Å². The first-order chi connectivity index (χ1) is 19.2. The summed E-state index contributed by atoms with van der Waals surface area (Å²) in [4.78, 5) is 45.2. The molecule has 0 aromatic carbocycles. The van der Waals surface area contributed by atoms with Crippen LogP contribution in [0.4, 0.5) is 22.2 Å². The molecule has 1 saturated carbocycles. The molecule has 12 heteroatoms. The minimum atomic E-state index is -0.506. The third-order valence-corrected chi connectivity index (χ3v) is 7.86. The van der Waals surface area contributed by atoms with Gasteiger partial charge in [-0.15, -0.1) is 0 Å². The van der Waals surface area contributed by atoms with Crippen LogP contribution in [0, 0.1) is 0 Å². The zero-order valence-electron chi connectivity index (χ0n) is 23.2. The molecule has 0 radical (unpaired) electrons. The molecule has 2 unspecified atom stereocenters. The fourth-order valence-corrected chi connectivity index (χ4v) is 6.06. The van der Waals surface area contributed by atoms with Gasteiger partial charge in [0.2, 0.25) is 5.95 Å². The second kappa shape index (κ2) is 10.2. The van der Waals surface area contributed by atoms with Gasteiger partial charge in [-0.2, -0.15) is 4.98 Å². The monoisotopic (exact) mass is 548 g/mol. The quantitative estimate of drug-likeness (QED) is 0.494. The SMILES string of the molecule is CC(C)(C)OC(=O)N1CCN(c2ccc(Nc3ncc4cc5n(c4n3)C3CCCC3N(CCO)C5=O)nc2)CC1. The Morgan fingerprint density at radius 3 is 2.58 bits per heavy atom. The molecule has 2 N–H and O–H groups in total. The number of nitrogens with zero attached hydrogens (tertiary/aromatic N) is 7. The van der Waals surface area contributed by atoms with E-state index in [1.165, 1.54) is 0 Å². The van der Waals surface area contributed by atoms with Crippen molar-refractivity contribution in [1.82, 2.24) is 29.3 Å². The van der Waals surface area contributed by atoms with Crippen molar-refractivity contribution in [2.24, 2.45) is 0 Å². The Kier molecular flexibility index (Phi) is 6.73. The molecule has 6 rings (SSSR count). The summed E-state index contributed by atoms with van der Waals surface area (Å²) in [5.74, 6) is 0.971. The largest absolute Gasteiger partial charge is 0.444 e. The number of hydrogen-bond donors (Lipinski definition) is 2. The molecule has 3 aromatic rings. The van der Waals surface area contributed by atoms with E-state index in [4.69, 9.17) is 9.72 Å². The second-order valence-corrected chi connectivity index (χ2v) is 11.6. The average Bonchev–Trinajstić information content (AvgIpc) is 3.55. The molecule has 2 fully saturated rings. The van der Waals surface area contributed by atoms with Gasteiger partial charge in [0, 0.05) is 44.3 Å². The fourth-order valence-electron chi connectivity index (χ4n) is 6.06. The van der Waals surface area contributed by atoms with Crippen LogP contribution in [0.5, 0.6) is 0 Å². The van der Waals surface area contributed by atoms with E-state index >= 15 is 0 Å². The first-order valence-corrected chi connectivity index (χ1v) is 14.0. The summed E-state index contributed by atoms with van der Waals surface area (Å²) in [6.45, 7) is 8.50. The molecular formula is C28H36N8O4. The number of carbonyl (C=O) groups is 2. The van der Waals surface area contributed by atoms with Gasteiger partial charge in [0.25, 0.3) is 5.91 Å². The first-order valence-electron chi connectivity index (χ1n) is 14.0. The Hall–Kier alpha value is -3.93. The van der Waals surface area contributed by atoms with Crippen molar-refractivity contribution in [3.63, 3.8) is 0 Å². The molecule has 1 aliphatic carbocycles. The van der Waals surface area contributed by atoms with Gasteiger partial charge >= 0.3 is 6.09 Å². The lowest BCUT2D eigenvalue weighted by atomic mass is 10.1. The van der Waals surface area contributed by atoms with Crippen molar-refractivity contribution in [3.05, 3.63) is 36.3 Å². The predicted octanol–water partition coefficient (Wildman–Crippen LogP) is 3.17. The van der Waals surface area contributed by atoms with Crippen molar-refractivity contribution < 1.29 is 19.4 Å². The summed E-state index contributed by atoms with van der Waals surface area (Å²) < 4.78 is 7.56. The van der Waals surface area contributed by atoms with E-state index in [1.807, 2.05) is 43.9 Å². The average molecular weight is 549 g/mol. The number of amides is 2. The van der Waals surface area contributed by atoms with Crippen LogP contribution in [-0.4, -0.2) is 97.4 Å². The van der Waals surface area contributed by atoms with E-state index in [9.17, 15) is 14.7 Å². The molecule has 2 aliphatic heterocycles. The number of aromatic nitrogens is 4. The van der Waals surface area contributed by atoms with Crippen LogP contribution in [-0.2, 0) is 4.74 Å². The predicted molar refractivity (Wildman–Crippen MR) is 150 cm³/mol. The first kappa shape index (κ1) is 26.3. The number of ether oxygens (including phenoxy) is 1. The van der Waals surface area contributed by atoms with Gasteiger partial charge in [0.05, 0.1) is 30.6 Å². The van der Waals surface area contributed by atoms with Gasteiger partial charge in [-0.05, 0) is 58.2 Å². The number of nitrogens with one attached hydrogen (secondary N) is 1. The van der Waals surface area contributed by atoms with Gasteiger partial charge in [-0.25, -0.2) is 14.8 Å². The number of fused-ring (bicyclic) bond motifs is 5. The van der Waals surface area contributed by atoms with E-state index in [-0.39, 0.29) is 30.7 Å². The van der Waals surface area contributed by atoms with Crippen molar-refractivity contribution in [2.45, 2.75) is 57.7 Å². The number of rotatable bonds is 5. The highest BCUT2D eigenvalue weighted by atomic mass is 16.6. The second-order valence-electron chi connectivity index (χ2n) is 11.6. The zero-order valence-corrected chi connectivity index (χ0v) is 23.2. The Bertz CT molecular complexity index is 1410. The maximum atomic E-state index is 13.3. The maximum absolute atomic E-state index is 13.3. The Balaban J connectivity index is 1.15. The van der Waals surface area contributed by atoms with Gasteiger partial charge in [0.15, 0.2) is 0 Å². The van der Waals surface area contributed by atoms with E-state index in [2.05, 4.69) is 24.8 Å². The number of pyridine rings is 1. The minimum Gasteiger partial charge on any atom is -0.444 e. The smallest absolute Gasteiger partial charge is 0.410 e. The highest BCUT2D eigenvalue weighted by Gasteiger charge is 2.43. The molecule has 5 heterocycles. The van der Waals surface area contributed by atoms with Crippen LogP contribution in [0.3, 0.4) is 0 Å². The van der Waals surface area contributed by atoms with E-state index < -0.39 is 5.60 Å². The molecule has 3 aromatic heterocycles. The number of aliphatic hydroxyl groups excluding tert-OH is 1. The van der Waals surface area contributed by atoms with E-state index in [0.29, 0.717) is 50.2 Å². The molecule has 12 nitrogen and oxygen atoms in total. The highest BCUT2D eigenvalue weighted by molar-refractivity contribution is 5.99. The zero-order chi connectivity index (χ0) is 28.0. The summed E-state index contributed by atoms with van der Waals surface area (Å²) >= 11 is 0. The van der Waals surface area contributed by atoms with Gasteiger partial charge in [0.1, 0.15) is 22.8 Å². The normalized spacial score (nSPS) is 21.0. The van der Waals surface area contributed by atoms with Crippen molar-refractivity contribution >= 4 is 40.5 Å². The number of β-amino-alcohol motifs (C(OH)–C–C–N with tert-alkyl or cyclic N) is 1. The molecule has 0 bridgehead atoms. The summed E-state index contributed by atoms with van der Waals surface area (Å²) in [5.41, 5.74) is 1.81. The summed E-state index contributed by atoms with van der Waals surface area (Å²) in [7, 11) is 0. The number of aliphatic hydroxyl groups is 1. The van der Waals surface area contributed by atoms with Crippen LogP contribution in [0.2, 0.25) is 0 Å². The van der Waals surface area contributed by atoms with E-state index in [1.54, 1.807) is 17.3 Å². The number of hydrogen-bond acceptors (Lipinski definition) is 9. The lowest BCUT2D eigenvalue weighted by molar-refractivity contribution is 0.0240. The topological polar surface area (TPSA) is 129 Å². The molecule has 1 saturated heterocycles. The molecule has 0 spiro atoms. The van der Waals surface area contributed by atoms with Crippen molar-refractivity contribution in [1.29, 1.82) is 0 Å². The Morgan fingerprint density at radius 2 is 1.88 bits per heavy atom. The van der Waals surface area contributed by atoms with Gasteiger partial charge in [-0.1, -0.05) is 0 Å². The molecule has 40 heavy (non-hydrogen) atoms. The van der Waals surface area contributed by atoms with Crippen molar-refractivity contribution in [3.8, 4) is 0 Å². The number of anilines is 3. The van der Waals surface area contributed by atoms with Crippen LogP contribution >= 0.6 is 0 Å². The summed E-state index contributed by atoms with van der Waals surface area (Å²) in [6, 6.07) is 5.96. The Labute approximate surface area is 232 Å². The summed E-state index contributed by atoms with van der Waals surface area (Å²) in [5, 5.41) is 13.5. The lowest BCUT2D eigenvalue weighted by Crippen LogP contribution is -2.50. The van der Waals surface area contributed by atoms with Gasteiger partial charge < -0.3 is 34.4 Å². The van der Waals surface area contributed by atoms with Crippen LogP contribution < -0.4 is 10.2 Å². The van der Waals surface area contributed by atoms with Gasteiger partial charge in [-0.3, -0.25) is 4.79 Å². The van der Waals surface area contributed by atoms with Crippen LogP contribution in [0.25, 0.3) is 11.0 Å². The standard InChI is InChI=1S/C28H36N8O4/c1-28(2,3)40-27(39)34-11-9-33(10-12-34)19-7-8-23(29-17-19)31-26-30-16-18-15-22-25(38)35(13-14-37)20-5-4-6-21(20)36(22)24(18)32-26/h7-8,15-17,20-21,37H,4-6,9-14H2,1-3H3,(H,29,30,31,32). The molecule has 3 aliphatic rings. The fraction of sp³-hybridized carbons (Fsp3) is 0.536. The van der Waals surface area contributed by atoms with Crippen LogP contribution in [0.1, 0.15) is 56.6 Å². The Morgan fingerprint density at radius 1 is 1.10 bits per heavy atom. The maximum Gasteiger partial charge on any atom is 0.410 e. The highest BCUT2D eigenvalue weighted by Crippen LogP contribution is 2.41. The number of piperazine rings is 1. The van der Waals surface area contributed by atoms with E-state index in [0.717, 1.165) is 36.0 Å². The third kappa shape index (κ3) is 4.91. The summed E-state index contributed by atoms with van der Waals surface area (Å²) in [6.07, 6.45) is 6.20. The molecule has 2 atom stereocenters. The molecular weight excluding hydrogens is 512 g/mol. The third-order valence-electron chi connectivity index (χ3n) is 7.86. The molecule has 2 amide bonds.